The number of carbonyl (C=O) groups excluding carboxylic acids is 1. The third-order valence-corrected chi connectivity index (χ3v) is 6.47. The van der Waals surface area contributed by atoms with E-state index in [-0.39, 0.29) is 28.9 Å². The lowest BCUT2D eigenvalue weighted by molar-refractivity contribution is 0.0931. The number of ether oxygens (including phenoxy) is 1. The highest BCUT2D eigenvalue weighted by Crippen LogP contribution is 2.34. The van der Waals surface area contributed by atoms with Crippen LogP contribution in [-0.4, -0.2) is 47.6 Å². The Morgan fingerprint density at radius 2 is 2.09 bits per heavy atom. The van der Waals surface area contributed by atoms with Crippen molar-refractivity contribution in [1.29, 1.82) is 0 Å². The van der Waals surface area contributed by atoms with Crippen LogP contribution in [-0.2, 0) is 12.8 Å². The van der Waals surface area contributed by atoms with Crippen molar-refractivity contribution in [2.24, 2.45) is 0 Å². The minimum atomic E-state index is -0.605. The molecule has 0 radical (unpaired) electrons. The number of para-hydroxylation sites is 1. The number of likely N-dealkylation sites (N-methyl/N-ethyl adjacent to an activating group) is 1. The quantitative estimate of drug-likeness (QED) is 0.612. The summed E-state index contributed by atoms with van der Waals surface area (Å²) in [6.45, 7) is -0.200. The third kappa shape index (κ3) is 4.12. The van der Waals surface area contributed by atoms with E-state index in [1.807, 2.05) is 6.07 Å². The van der Waals surface area contributed by atoms with Crippen molar-refractivity contribution in [2.75, 3.05) is 31.0 Å². The molecule has 1 aromatic heterocycles. The van der Waals surface area contributed by atoms with Gasteiger partial charge in [0.1, 0.15) is 17.1 Å². The number of amides is 1. The van der Waals surface area contributed by atoms with Gasteiger partial charge in [-0.3, -0.25) is 9.69 Å². The lowest BCUT2D eigenvalue weighted by atomic mass is 9.87. The number of hydrogen-bond acceptors (Lipinski definition) is 6. The van der Waals surface area contributed by atoms with E-state index >= 15 is 0 Å². The summed E-state index contributed by atoms with van der Waals surface area (Å²) in [5.41, 5.74) is 3.67. The predicted octanol–water partition coefficient (Wildman–Crippen LogP) is 4.43. The van der Waals surface area contributed by atoms with Gasteiger partial charge in [0.2, 0.25) is 11.8 Å². The first-order valence-corrected chi connectivity index (χ1v) is 11.1. The number of hydrogen-bond donors (Lipinski definition) is 1. The Kier molecular flexibility index (Phi) is 5.64. The van der Waals surface area contributed by atoms with E-state index in [0.29, 0.717) is 12.0 Å². The van der Waals surface area contributed by atoms with Gasteiger partial charge in [-0.25, -0.2) is 9.37 Å². The lowest BCUT2D eigenvalue weighted by Crippen LogP contribution is -2.40. The van der Waals surface area contributed by atoms with Crippen molar-refractivity contribution < 1.29 is 13.9 Å². The Morgan fingerprint density at radius 3 is 2.88 bits per heavy atom. The molecule has 5 rings (SSSR count). The fourth-order valence-electron chi connectivity index (χ4n) is 4.31. The Labute approximate surface area is 196 Å². The molecule has 1 amide bonds. The molecular formula is C24H23ClFN5O2. The molecule has 0 fully saturated rings. The van der Waals surface area contributed by atoms with Gasteiger partial charge in [0.05, 0.1) is 5.02 Å². The van der Waals surface area contributed by atoms with Crippen LogP contribution in [0.4, 0.5) is 21.7 Å². The van der Waals surface area contributed by atoms with E-state index in [4.69, 9.17) is 16.3 Å². The molecule has 2 aromatic carbocycles. The maximum Gasteiger partial charge on any atom is 0.268 e. The molecule has 1 aliphatic heterocycles. The molecule has 2 heterocycles. The number of carbonyl (C=O) groups is 1. The summed E-state index contributed by atoms with van der Waals surface area (Å²) >= 11 is 6.11. The van der Waals surface area contributed by atoms with Crippen molar-refractivity contribution in [1.82, 2.24) is 14.9 Å². The molecule has 33 heavy (non-hydrogen) atoms. The SMILES string of the molecule is CN(C)C1CCc2cc(Nc3ncc4c(n3)OCN(c3c(F)cccc3Cl)C4=O)ccc2C1. The van der Waals surface area contributed by atoms with Crippen molar-refractivity contribution in [3.8, 4) is 5.88 Å². The second-order valence-electron chi connectivity index (χ2n) is 8.46. The van der Waals surface area contributed by atoms with Gasteiger partial charge in [0.25, 0.3) is 5.91 Å². The largest absolute Gasteiger partial charge is 0.455 e. The van der Waals surface area contributed by atoms with Gasteiger partial charge >= 0.3 is 0 Å². The number of rotatable bonds is 4. The molecule has 0 spiro atoms. The molecule has 3 aromatic rings. The van der Waals surface area contributed by atoms with Gasteiger partial charge in [0, 0.05) is 17.9 Å². The van der Waals surface area contributed by atoms with Crippen molar-refractivity contribution in [3.05, 3.63) is 70.1 Å². The fourth-order valence-corrected chi connectivity index (χ4v) is 4.57. The van der Waals surface area contributed by atoms with Gasteiger partial charge in [0.15, 0.2) is 6.73 Å². The molecule has 170 valence electrons. The molecular weight excluding hydrogens is 445 g/mol. The highest BCUT2D eigenvalue weighted by atomic mass is 35.5. The molecule has 7 nitrogen and oxygen atoms in total. The van der Waals surface area contributed by atoms with Crippen molar-refractivity contribution in [2.45, 2.75) is 25.3 Å². The van der Waals surface area contributed by atoms with Gasteiger partial charge in [-0.05, 0) is 68.8 Å². The van der Waals surface area contributed by atoms with Gasteiger partial charge in [-0.2, -0.15) is 4.98 Å². The molecule has 9 heteroatoms. The first kappa shape index (κ1) is 21.6. The molecule has 1 unspecified atom stereocenters. The van der Waals surface area contributed by atoms with E-state index in [2.05, 4.69) is 46.4 Å². The molecule has 1 atom stereocenters. The molecule has 1 N–H and O–H groups in total. The van der Waals surface area contributed by atoms with Crippen LogP contribution in [0.1, 0.15) is 27.9 Å². The van der Waals surface area contributed by atoms with Crippen LogP contribution in [0.25, 0.3) is 0 Å². The summed E-state index contributed by atoms with van der Waals surface area (Å²) in [5.74, 6) is -0.612. The Bertz CT molecular complexity index is 1220. The van der Waals surface area contributed by atoms with Crippen molar-refractivity contribution >= 4 is 34.8 Å². The molecule has 0 saturated carbocycles. The van der Waals surface area contributed by atoms with Crippen LogP contribution >= 0.6 is 11.6 Å². The lowest BCUT2D eigenvalue weighted by Gasteiger charge is -2.30. The number of aromatic nitrogens is 2. The smallest absolute Gasteiger partial charge is 0.268 e. The van der Waals surface area contributed by atoms with Crippen LogP contribution in [0.2, 0.25) is 5.02 Å². The van der Waals surface area contributed by atoms with Crippen LogP contribution < -0.4 is 15.0 Å². The molecule has 0 saturated heterocycles. The topological polar surface area (TPSA) is 70.6 Å². The molecule has 1 aliphatic carbocycles. The number of anilines is 3. The van der Waals surface area contributed by atoms with Crippen LogP contribution in [0, 0.1) is 5.82 Å². The summed E-state index contributed by atoms with van der Waals surface area (Å²) in [6.07, 6.45) is 4.56. The van der Waals surface area contributed by atoms with E-state index in [1.165, 1.54) is 35.5 Å². The minimum absolute atomic E-state index is 0.0254. The molecule has 2 aliphatic rings. The second kappa shape index (κ2) is 8.61. The van der Waals surface area contributed by atoms with Gasteiger partial charge in [-0.1, -0.05) is 23.7 Å². The highest BCUT2D eigenvalue weighted by Gasteiger charge is 2.31. The van der Waals surface area contributed by atoms with Crippen LogP contribution in [0.3, 0.4) is 0 Å². The predicted molar refractivity (Wildman–Crippen MR) is 125 cm³/mol. The number of halogens is 2. The standard InChI is InChI=1S/C24H23ClFN5O2/c1-30(2)17-9-7-14-10-16(8-6-15(14)11-17)28-24-27-12-18-22(29-24)33-13-31(23(18)32)21-19(25)4-3-5-20(21)26/h3-6,8,10,12,17H,7,9,11,13H2,1-2H3,(H,27,28,29). The number of fused-ring (bicyclic) bond motifs is 2. The second-order valence-corrected chi connectivity index (χ2v) is 8.87. The maximum absolute atomic E-state index is 14.3. The zero-order chi connectivity index (χ0) is 23.1. The van der Waals surface area contributed by atoms with Crippen LogP contribution in [0.5, 0.6) is 5.88 Å². The van der Waals surface area contributed by atoms with E-state index < -0.39 is 11.7 Å². The zero-order valence-corrected chi connectivity index (χ0v) is 19.1. The summed E-state index contributed by atoms with van der Waals surface area (Å²) in [4.78, 5) is 25.0. The third-order valence-electron chi connectivity index (χ3n) is 6.16. The van der Waals surface area contributed by atoms with E-state index in [1.54, 1.807) is 0 Å². The normalized spacial score (nSPS) is 17.4. The minimum Gasteiger partial charge on any atom is -0.455 e. The summed E-state index contributed by atoms with van der Waals surface area (Å²) in [5, 5.41) is 3.32. The summed E-state index contributed by atoms with van der Waals surface area (Å²) in [7, 11) is 4.24. The first-order valence-electron chi connectivity index (χ1n) is 10.7. The Balaban J connectivity index is 1.35. The summed E-state index contributed by atoms with van der Waals surface area (Å²) < 4.78 is 20.0. The number of benzene rings is 2. The number of nitrogens with one attached hydrogen (secondary N) is 1. The Hall–Kier alpha value is -3.23. The number of nitrogens with zero attached hydrogens (tertiary/aromatic N) is 4. The van der Waals surface area contributed by atoms with E-state index in [0.717, 1.165) is 29.8 Å². The fraction of sp³-hybridized carbons (Fsp3) is 0.292. The van der Waals surface area contributed by atoms with Gasteiger partial charge < -0.3 is 15.0 Å². The summed E-state index contributed by atoms with van der Waals surface area (Å²) in [6, 6.07) is 11.1. The highest BCUT2D eigenvalue weighted by molar-refractivity contribution is 6.34. The first-order chi connectivity index (χ1) is 15.9. The average molecular weight is 468 g/mol. The number of aryl methyl sites for hydroxylation is 1. The maximum atomic E-state index is 14.3. The Morgan fingerprint density at radius 1 is 1.24 bits per heavy atom. The average Bonchev–Trinajstić information content (AvgIpc) is 2.80. The van der Waals surface area contributed by atoms with Gasteiger partial charge in [-0.15, -0.1) is 0 Å². The molecule has 0 bridgehead atoms. The van der Waals surface area contributed by atoms with Crippen molar-refractivity contribution in [3.63, 3.8) is 0 Å². The zero-order valence-electron chi connectivity index (χ0n) is 18.3. The van der Waals surface area contributed by atoms with E-state index in [9.17, 15) is 9.18 Å². The monoisotopic (exact) mass is 467 g/mol. The van der Waals surface area contributed by atoms with Crippen LogP contribution in [0.15, 0.2) is 42.6 Å².